The van der Waals surface area contributed by atoms with Gasteiger partial charge in [0.05, 0.1) is 6.61 Å². The fraction of sp³-hybridized carbons (Fsp3) is 0.600. The highest BCUT2D eigenvalue weighted by Crippen LogP contribution is 2.30. The Kier molecular flexibility index (Phi) is 4.11. The standard InChI is InChI=1S/C10H15N3O2S2/c1-2-15-10(14)7-8(11)13-17-9(7)12-6-3-4-16-5-6/h6,12H,2-5H2,1H3,(H2,11,13). The van der Waals surface area contributed by atoms with E-state index in [2.05, 4.69) is 9.69 Å². The van der Waals surface area contributed by atoms with Gasteiger partial charge in [0.25, 0.3) is 0 Å². The lowest BCUT2D eigenvalue weighted by atomic mass is 10.2. The third kappa shape index (κ3) is 2.84. The Morgan fingerprint density at radius 1 is 1.71 bits per heavy atom. The van der Waals surface area contributed by atoms with Crippen molar-refractivity contribution in [2.45, 2.75) is 19.4 Å². The molecule has 1 saturated heterocycles. The number of ether oxygens (including phenoxy) is 1. The van der Waals surface area contributed by atoms with Gasteiger partial charge in [-0.1, -0.05) is 0 Å². The van der Waals surface area contributed by atoms with Crippen molar-refractivity contribution in [2.75, 3.05) is 29.2 Å². The van der Waals surface area contributed by atoms with Crippen LogP contribution in [0.25, 0.3) is 0 Å². The minimum atomic E-state index is -0.396. The molecule has 1 aliphatic rings. The maximum absolute atomic E-state index is 11.7. The summed E-state index contributed by atoms with van der Waals surface area (Å²) in [5.41, 5.74) is 6.08. The first-order valence-electron chi connectivity index (χ1n) is 5.49. The molecule has 0 aromatic carbocycles. The third-order valence-electron chi connectivity index (χ3n) is 2.46. The van der Waals surface area contributed by atoms with E-state index >= 15 is 0 Å². The number of aromatic nitrogens is 1. The van der Waals surface area contributed by atoms with Gasteiger partial charge >= 0.3 is 5.97 Å². The number of anilines is 2. The Labute approximate surface area is 108 Å². The van der Waals surface area contributed by atoms with Crippen LogP contribution in [0.2, 0.25) is 0 Å². The Morgan fingerprint density at radius 2 is 2.53 bits per heavy atom. The molecule has 1 aromatic heterocycles. The maximum Gasteiger partial charge on any atom is 0.344 e. The predicted molar refractivity (Wildman–Crippen MR) is 71.8 cm³/mol. The molecular formula is C10H15N3O2S2. The summed E-state index contributed by atoms with van der Waals surface area (Å²) in [5, 5.41) is 4.05. The van der Waals surface area contributed by atoms with Crippen molar-refractivity contribution in [3.8, 4) is 0 Å². The van der Waals surface area contributed by atoms with Gasteiger partial charge < -0.3 is 15.8 Å². The molecule has 5 nitrogen and oxygen atoms in total. The van der Waals surface area contributed by atoms with Crippen LogP contribution in [0.4, 0.5) is 10.8 Å². The van der Waals surface area contributed by atoms with Gasteiger partial charge in [-0.3, -0.25) is 0 Å². The molecule has 1 aromatic rings. The second kappa shape index (κ2) is 5.59. The van der Waals surface area contributed by atoms with Crippen molar-refractivity contribution in [1.29, 1.82) is 0 Å². The lowest BCUT2D eigenvalue weighted by Crippen LogP contribution is -2.19. The molecule has 7 heteroatoms. The minimum Gasteiger partial charge on any atom is -0.462 e. The molecule has 94 valence electrons. The number of hydrogen-bond acceptors (Lipinski definition) is 7. The highest BCUT2D eigenvalue weighted by Gasteiger charge is 2.23. The molecule has 2 rings (SSSR count). The summed E-state index contributed by atoms with van der Waals surface area (Å²) in [6, 6.07) is 0.396. The van der Waals surface area contributed by atoms with Crippen LogP contribution in [0.15, 0.2) is 0 Å². The number of esters is 1. The number of nitrogens with zero attached hydrogens (tertiary/aromatic N) is 1. The maximum atomic E-state index is 11.7. The van der Waals surface area contributed by atoms with Crippen LogP contribution in [-0.2, 0) is 4.74 Å². The molecule has 1 atom stereocenters. The summed E-state index contributed by atoms with van der Waals surface area (Å²) in [6.45, 7) is 2.11. The number of nitrogens with two attached hydrogens (primary N) is 1. The first-order valence-corrected chi connectivity index (χ1v) is 7.41. The molecule has 0 spiro atoms. The number of carbonyl (C=O) groups excluding carboxylic acids is 1. The van der Waals surface area contributed by atoms with Gasteiger partial charge in [0, 0.05) is 11.8 Å². The summed E-state index contributed by atoms with van der Waals surface area (Å²) in [4.78, 5) is 11.7. The summed E-state index contributed by atoms with van der Waals surface area (Å²) >= 11 is 3.13. The number of rotatable bonds is 4. The van der Waals surface area contributed by atoms with Crippen LogP contribution in [-0.4, -0.2) is 34.5 Å². The Morgan fingerprint density at radius 3 is 3.18 bits per heavy atom. The molecular weight excluding hydrogens is 258 g/mol. The quantitative estimate of drug-likeness (QED) is 0.815. The molecule has 0 radical (unpaired) electrons. The van der Waals surface area contributed by atoms with Crippen molar-refractivity contribution in [3.05, 3.63) is 5.56 Å². The second-order valence-corrected chi connectivity index (χ2v) is 5.62. The summed E-state index contributed by atoms with van der Waals surface area (Å²) < 4.78 is 8.99. The number of thioether (sulfide) groups is 1. The Bertz CT molecular complexity index is 402. The zero-order valence-electron chi connectivity index (χ0n) is 9.56. The van der Waals surface area contributed by atoms with E-state index < -0.39 is 5.97 Å². The average Bonchev–Trinajstić information content (AvgIpc) is 2.90. The van der Waals surface area contributed by atoms with Crippen LogP contribution in [0.5, 0.6) is 0 Å². The zero-order chi connectivity index (χ0) is 12.3. The molecule has 0 aliphatic carbocycles. The molecule has 2 heterocycles. The smallest absolute Gasteiger partial charge is 0.344 e. The van der Waals surface area contributed by atoms with Crippen molar-refractivity contribution in [1.82, 2.24) is 4.37 Å². The zero-order valence-corrected chi connectivity index (χ0v) is 11.2. The van der Waals surface area contributed by atoms with Gasteiger partial charge in [0.15, 0.2) is 5.82 Å². The van der Waals surface area contributed by atoms with Crippen molar-refractivity contribution >= 4 is 40.1 Å². The topological polar surface area (TPSA) is 77.2 Å². The molecule has 1 fully saturated rings. The fourth-order valence-electron chi connectivity index (χ4n) is 1.64. The van der Waals surface area contributed by atoms with E-state index in [1.807, 2.05) is 11.8 Å². The monoisotopic (exact) mass is 273 g/mol. The van der Waals surface area contributed by atoms with Gasteiger partial charge in [0.2, 0.25) is 0 Å². The summed E-state index contributed by atoms with van der Waals surface area (Å²) in [6.07, 6.45) is 1.10. The predicted octanol–water partition coefficient (Wildman–Crippen LogP) is 1.82. The van der Waals surface area contributed by atoms with Gasteiger partial charge in [-0.2, -0.15) is 16.1 Å². The molecule has 1 unspecified atom stereocenters. The van der Waals surface area contributed by atoms with E-state index in [-0.39, 0.29) is 5.82 Å². The first-order chi connectivity index (χ1) is 8.22. The molecule has 0 saturated carbocycles. The molecule has 3 N–H and O–H groups in total. The second-order valence-electron chi connectivity index (χ2n) is 3.70. The van der Waals surface area contributed by atoms with Crippen LogP contribution in [0.3, 0.4) is 0 Å². The van der Waals surface area contributed by atoms with Crippen molar-refractivity contribution < 1.29 is 9.53 Å². The minimum absolute atomic E-state index is 0.251. The number of carbonyl (C=O) groups is 1. The number of nitrogens with one attached hydrogen (secondary N) is 1. The molecule has 0 bridgehead atoms. The third-order valence-corrected chi connectivity index (χ3v) is 4.42. The van der Waals surface area contributed by atoms with Crippen LogP contribution in [0.1, 0.15) is 23.7 Å². The number of hydrogen-bond donors (Lipinski definition) is 2. The van der Waals surface area contributed by atoms with E-state index in [4.69, 9.17) is 10.5 Å². The van der Waals surface area contributed by atoms with Gasteiger partial charge in [-0.15, -0.1) is 0 Å². The van der Waals surface area contributed by atoms with Crippen LogP contribution < -0.4 is 11.1 Å². The lowest BCUT2D eigenvalue weighted by Gasteiger charge is -2.11. The van der Waals surface area contributed by atoms with Gasteiger partial charge in [-0.05, 0) is 30.6 Å². The van der Waals surface area contributed by atoms with E-state index in [0.717, 1.165) is 22.9 Å². The van der Waals surface area contributed by atoms with E-state index in [0.29, 0.717) is 18.2 Å². The summed E-state index contributed by atoms with van der Waals surface area (Å²) in [7, 11) is 0. The highest BCUT2D eigenvalue weighted by molar-refractivity contribution is 7.99. The normalized spacial score (nSPS) is 19.2. The van der Waals surface area contributed by atoms with E-state index in [1.54, 1.807) is 6.92 Å². The van der Waals surface area contributed by atoms with E-state index in [1.165, 1.54) is 11.5 Å². The first kappa shape index (κ1) is 12.5. The van der Waals surface area contributed by atoms with Crippen molar-refractivity contribution in [3.63, 3.8) is 0 Å². The highest BCUT2D eigenvalue weighted by atomic mass is 32.2. The molecule has 0 amide bonds. The van der Waals surface area contributed by atoms with Gasteiger partial charge in [0.1, 0.15) is 10.6 Å². The van der Waals surface area contributed by atoms with Crippen LogP contribution >= 0.6 is 23.3 Å². The average molecular weight is 273 g/mol. The Hall–Kier alpha value is -0.950. The Balaban J connectivity index is 2.13. The fourth-order valence-corrected chi connectivity index (χ4v) is 3.57. The lowest BCUT2D eigenvalue weighted by molar-refractivity contribution is 0.0529. The molecule has 17 heavy (non-hydrogen) atoms. The SMILES string of the molecule is CCOC(=O)c1c(N)nsc1NC1CCSC1. The van der Waals surface area contributed by atoms with Gasteiger partial charge in [-0.25, -0.2) is 4.79 Å². The number of nitrogen functional groups attached to an aromatic ring is 1. The van der Waals surface area contributed by atoms with Crippen LogP contribution in [0, 0.1) is 0 Å². The van der Waals surface area contributed by atoms with Crippen molar-refractivity contribution in [2.24, 2.45) is 0 Å². The molecule has 1 aliphatic heterocycles. The summed E-state index contributed by atoms with van der Waals surface area (Å²) in [5.74, 6) is 2.06. The van der Waals surface area contributed by atoms with E-state index in [9.17, 15) is 4.79 Å². The largest absolute Gasteiger partial charge is 0.462 e.